The quantitative estimate of drug-likeness (QED) is 0.708. The Bertz CT molecular complexity index is 154. The second-order valence-corrected chi connectivity index (χ2v) is 4.65. The average molecular weight is 184 g/mol. The Kier molecular flexibility index (Phi) is 3.74. The van der Waals surface area contributed by atoms with Gasteiger partial charge in [-0.25, -0.2) is 0 Å². The van der Waals surface area contributed by atoms with E-state index in [4.69, 9.17) is 5.73 Å². The van der Waals surface area contributed by atoms with Gasteiger partial charge >= 0.3 is 0 Å². The SMILES string of the molecule is CCCC(C)(CN)N(C)C1CCC1. The van der Waals surface area contributed by atoms with Crippen LogP contribution < -0.4 is 5.73 Å². The van der Waals surface area contributed by atoms with Crippen LogP contribution in [-0.2, 0) is 0 Å². The summed E-state index contributed by atoms with van der Waals surface area (Å²) >= 11 is 0. The van der Waals surface area contributed by atoms with Gasteiger partial charge in [-0.05, 0) is 33.2 Å². The molecule has 1 atom stereocenters. The minimum atomic E-state index is 0.236. The lowest BCUT2D eigenvalue weighted by Crippen LogP contribution is -2.55. The summed E-state index contributed by atoms with van der Waals surface area (Å²) in [4.78, 5) is 2.51. The van der Waals surface area contributed by atoms with E-state index in [0.717, 1.165) is 12.6 Å². The van der Waals surface area contributed by atoms with Gasteiger partial charge in [-0.3, -0.25) is 4.90 Å². The summed E-state index contributed by atoms with van der Waals surface area (Å²) in [5.41, 5.74) is 6.10. The van der Waals surface area contributed by atoms with Crippen LogP contribution in [0.15, 0.2) is 0 Å². The smallest absolute Gasteiger partial charge is 0.0303 e. The number of hydrogen-bond donors (Lipinski definition) is 1. The number of nitrogens with zero attached hydrogens (tertiary/aromatic N) is 1. The van der Waals surface area contributed by atoms with Crippen LogP contribution in [0, 0.1) is 0 Å². The zero-order valence-electron chi connectivity index (χ0n) is 9.34. The molecule has 1 unspecified atom stereocenters. The first kappa shape index (κ1) is 11.0. The van der Waals surface area contributed by atoms with E-state index in [-0.39, 0.29) is 5.54 Å². The van der Waals surface area contributed by atoms with Crippen molar-refractivity contribution in [2.75, 3.05) is 13.6 Å². The van der Waals surface area contributed by atoms with Crippen molar-refractivity contribution in [1.29, 1.82) is 0 Å². The van der Waals surface area contributed by atoms with Gasteiger partial charge < -0.3 is 5.73 Å². The van der Waals surface area contributed by atoms with Gasteiger partial charge in [-0.1, -0.05) is 19.8 Å². The molecule has 2 heteroatoms. The molecule has 0 heterocycles. The minimum absolute atomic E-state index is 0.236. The fraction of sp³-hybridized carbons (Fsp3) is 1.00. The van der Waals surface area contributed by atoms with Gasteiger partial charge in [0, 0.05) is 18.1 Å². The second-order valence-electron chi connectivity index (χ2n) is 4.65. The van der Waals surface area contributed by atoms with Crippen molar-refractivity contribution in [2.24, 2.45) is 5.73 Å². The molecular formula is C11H24N2. The van der Waals surface area contributed by atoms with Gasteiger partial charge in [-0.15, -0.1) is 0 Å². The monoisotopic (exact) mass is 184 g/mol. The van der Waals surface area contributed by atoms with Crippen LogP contribution in [0.3, 0.4) is 0 Å². The highest BCUT2D eigenvalue weighted by Crippen LogP contribution is 2.30. The van der Waals surface area contributed by atoms with E-state index in [1.807, 2.05) is 0 Å². The summed E-state index contributed by atoms with van der Waals surface area (Å²) in [7, 11) is 2.24. The van der Waals surface area contributed by atoms with Gasteiger partial charge in [-0.2, -0.15) is 0 Å². The van der Waals surface area contributed by atoms with Crippen molar-refractivity contribution in [3.63, 3.8) is 0 Å². The van der Waals surface area contributed by atoms with Gasteiger partial charge in [0.15, 0.2) is 0 Å². The van der Waals surface area contributed by atoms with Crippen LogP contribution >= 0.6 is 0 Å². The van der Waals surface area contributed by atoms with Gasteiger partial charge in [0.1, 0.15) is 0 Å². The minimum Gasteiger partial charge on any atom is -0.329 e. The van der Waals surface area contributed by atoms with Gasteiger partial charge in [0.25, 0.3) is 0 Å². The first-order chi connectivity index (χ1) is 6.14. The molecule has 13 heavy (non-hydrogen) atoms. The van der Waals surface area contributed by atoms with E-state index in [2.05, 4.69) is 25.8 Å². The zero-order valence-corrected chi connectivity index (χ0v) is 9.34. The van der Waals surface area contributed by atoms with Crippen molar-refractivity contribution in [3.05, 3.63) is 0 Å². The number of hydrogen-bond acceptors (Lipinski definition) is 2. The summed E-state index contributed by atoms with van der Waals surface area (Å²) in [6.45, 7) is 5.32. The van der Waals surface area contributed by atoms with Crippen molar-refractivity contribution >= 4 is 0 Å². The molecule has 78 valence electrons. The Morgan fingerprint density at radius 1 is 1.46 bits per heavy atom. The van der Waals surface area contributed by atoms with E-state index in [1.165, 1.54) is 32.1 Å². The molecule has 0 aromatic carbocycles. The average Bonchev–Trinajstić information content (AvgIpc) is 2.01. The highest BCUT2D eigenvalue weighted by Gasteiger charge is 2.34. The normalized spacial score (nSPS) is 22.8. The van der Waals surface area contributed by atoms with E-state index in [0.29, 0.717) is 0 Å². The lowest BCUT2D eigenvalue weighted by atomic mass is 9.85. The second kappa shape index (κ2) is 4.43. The molecule has 2 N–H and O–H groups in total. The molecule has 0 aromatic rings. The van der Waals surface area contributed by atoms with Crippen LogP contribution in [0.1, 0.15) is 46.0 Å². The Balaban J connectivity index is 2.51. The predicted octanol–water partition coefficient (Wildman–Crippen LogP) is 1.99. The molecule has 1 rings (SSSR count). The van der Waals surface area contributed by atoms with Gasteiger partial charge in [0.05, 0.1) is 0 Å². The maximum Gasteiger partial charge on any atom is 0.0303 e. The summed E-state index contributed by atoms with van der Waals surface area (Å²) in [6.07, 6.45) is 6.59. The Morgan fingerprint density at radius 3 is 2.38 bits per heavy atom. The lowest BCUT2D eigenvalue weighted by Gasteiger charge is -2.46. The summed E-state index contributed by atoms with van der Waals surface area (Å²) in [5.74, 6) is 0. The van der Waals surface area contributed by atoms with E-state index in [1.54, 1.807) is 0 Å². The van der Waals surface area contributed by atoms with Crippen LogP contribution in [0.25, 0.3) is 0 Å². The van der Waals surface area contributed by atoms with Crippen molar-refractivity contribution in [2.45, 2.75) is 57.5 Å². The topological polar surface area (TPSA) is 29.3 Å². The highest BCUT2D eigenvalue weighted by atomic mass is 15.2. The fourth-order valence-corrected chi connectivity index (χ4v) is 2.18. The van der Waals surface area contributed by atoms with Crippen LogP contribution in [0.5, 0.6) is 0 Å². The summed E-state index contributed by atoms with van der Waals surface area (Å²) in [5, 5.41) is 0. The molecule has 0 aromatic heterocycles. The summed E-state index contributed by atoms with van der Waals surface area (Å²) in [6, 6.07) is 0.806. The van der Waals surface area contributed by atoms with E-state index in [9.17, 15) is 0 Å². The van der Waals surface area contributed by atoms with Crippen molar-refractivity contribution in [3.8, 4) is 0 Å². The molecule has 0 saturated heterocycles. The third kappa shape index (κ3) is 2.23. The molecule has 0 aliphatic heterocycles. The third-order valence-electron chi connectivity index (χ3n) is 3.70. The van der Waals surface area contributed by atoms with Crippen molar-refractivity contribution < 1.29 is 0 Å². The Morgan fingerprint density at radius 2 is 2.08 bits per heavy atom. The van der Waals surface area contributed by atoms with Crippen LogP contribution in [0.2, 0.25) is 0 Å². The third-order valence-corrected chi connectivity index (χ3v) is 3.70. The predicted molar refractivity (Wildman–Crippen MR) is 57.8 cm³/mol. The molecule has 1 saturated carbocycles. The Labute approximate surface area is 82.5 Å². The first-order valence-electron chi connectivity index (χ1n) is 5.57. The van der Waals surface area contributed by atoms with E-state index >= 15 is 0 Å². The maximum atomic E-state index is 5.87. The molecule has 2 nitrogen and oxygen atoms in total. The molecule has 0 amide bonds. The fourth-order valence-electron chi connectivity index (χ4n) is 2.18. The van der Waals surface area contributed by atoms with Crippen LogP contribution in [-0.4, -0.2) is 30.1 Å². The Hall–Kier alpha value is -0.0800. The highest BCUT2D eigenvalue weighted by molar-refractivity contribution is 4.91. The molecule has 1 fully saturated rings. The first-order valence-corrected chi connectivity index (χ1v) is 5.57. The molecule has 0 spiro atoms. The van der Waals surface area contributed by atoms with Crippen LogP contribution in [0.4, 0.5) is 0 Å². The number of likely N-dealkylation sites (N-methyl/N-ethyl adjacent to an activating group) is 1. The van der Waals surface area contributed by atoms with E-state index < -0.39 is 0 Å². The molecule has 0 bridgehead atoms. The molecule has 0 radical (unpaired) electrons. The largest absolute Gasteiger partial charge is 0.329 e. The standard InChI is InChI=1S/C11H24N2/c1-4-8-11(2,9-12)13(3)10-6-5-7-10/h10H,4-9,12H2,1-3H3. The summed E-state index contributed by atoms with van der Waals surface area (Å²) < 4.78 is 0. The molecular weight excluding hydrogens is 160 g/mol. The lowest BCUT2D eigenvalue weighted by molar-refractivity contribution is 0.0436. The number of rotatable bonds is 5. The zero-order chi connectivity index (χ0) is 9.90. The van der Waals surface area contributed by atoms with Crippen molar-refractivity contribution in [1.82, 2.24) is 4.90 Å². The molecule has 1 aliphatic carbocycles. The van der Waals surface area contributed by atoms with Gasteiger partial charge in [0.2, 0.25) is 0 Å². The molecule has 1 aliphatic rings. The maximum absolute atomic E-state index is 5.87. The number of nitrogens with two attached hydrogens (primary N) is 1.